The Bertz CT molecular complexity index is 586. The Morgan fingerprint density at radius 3 is 2.95 bits per heavy atom. The van der Waals surface area contributed by atoms with Crippen molar-refractivity contribution in [1.82, 2.24) is 25.2 Å². The van der Waals surface area contributed by atoms with Gasteiger partial charge in [-0.2, -0.15) is 0 Å². The molecule has 0 amide bonds. The summed E-state index contributed by atoms with van der Waals surface area (Å²) < 4.78 is 6.56. The average molecular weight is 298 g/mol. The van der Waals surface area contributed by atoms with Crippen LogP contribution in [0.4, 0.5) is 0 Å². The van der Waals surface area contributed by atoms with Gasteiger partial charge in [0.15, 0.2) is 0 Å². The largest absolute Gasteiger partial charge is 0.481 e. The number of hydrogen-bond acceptors (Lipinski definition) is 6. The quantitative estimate of drug-likeness (QED) is 0.844. The summed E-state index contributed by atoms with van der Waals surface area (Å²) in [5.74, 6) is -0.523. The molecular weight excluding hydrogens is 286 g/mol. The van der Waals surface area contributed by atoms with Crippen LogP contribution in [0.2, 0.25) is 5.02 Å². The third-order valence-electron chi connectivity index (χ3n) is 2.60. The molecule has 8 nitrogen and oxygen atoms in total. The molecule has 9 heteroatoms. The maximum absolute atomic E-state index is 10.7. The Balaban J connectivity index is 2.19. The van der Waals surface area contributed by atoms with Crippen LogP contribution in [0.5, 0.6) is 0 Å². The highest BCUT2D eigenvalue weighted by atomic mass is 35.5. The number of tetrazole rings is 1. The fourth-order valence-electron chi connectivity index (χ4n) is 1.63. The Labute approximate surface area is 119 Å². The van der Waals surface area contributed by atoms with Crippen molar-refractivity contribution in [3.05, 3.63) is 23.4 Å². The molecule has 0 aliphatic carbocycles. The fourth-order valence-corrected chi connectivity index (χ4v) is 1.74. The maximum atomic E-state index is 10.7. The molecule has 0 fully saturated rings. The van der Waals surface area contributed by atoms with E-state index < -0.39 is 12.1 Å². The lowest BCUT2D eigenvalue weighted by Crippen LogP contribution is -2.23. The van der Waals surface area contributed by atoms with Gasteiger partial charge in [0.1, 0.15) is 5.69 Å². The highest BCUT2D eigenvalue weighted by Crippen LogP contribution is 2.16. The lowest BCUT2D eigenvalue weighted by atomic mass is 10.2. The predicted molar refractivity (Wildman–Crippen MR) is 69.1 cm³/mol. The molecule has 2 heterocycles. The summed E-state index contributed by atoms with van der Waals surface area (Å²) in [5, 5.41) is 20.6. The molecule has 0 bridgehead atoms. The smallest absolute Gasteiger partial charge is 0.306 e. The minimum Gasteiger partial charge on any atom is -0.481 e. The molecule has 0 saturated heterocycles. The van der Waals surface area contributed by atoms with Gasteiger partial charge < -0.3 is 9.84 Å². The van der Waals surface area contributed by atoms with E-state index in [1.165, 1.54) is 18.0 Å². The molecule has 2 aromatic rings. The number of pyridine rings is 1. The molecule has 1 atom stereocenters. The van der Waals surface area contributed by atoms with E-state index >= 15 is 0 Å². The predicted octanol–water partition coefficient (Wildman–Crippen LogP) is 0.878. The lowest BCUT2D eigenvalue weighted by molar-refractivity contribution is -0.139. The molecule has 1 unspecified atom stereocenters. The lowest BCUT2D eigenvalue weighted by Gasteiger charge is -2.13. The van der Waals surface area contributed by atoms with E-state index in [-0.39, 0.29) is 13.0 Å². The van der Waals surface area contributed by atoms with E-state index in [9.17, 15) is 4.79 Å². The van der Waals surface area contributed by atoms with Crippen LogP contribution in [0.15, 0.2) is 18.3 Å². The maximum Gasteiger partial charge on any atom is 0.306 e. The molecule has 20 heavy (non-hydrogen) atoms. The molecule has 0 saturated carbocycles. The van der Waals surface area contributed by atoms with Gasteiger partial charge in [-0.25, -0.2) is 4.68 Å². The number of nitrogens with zero attached hydrogens (tertiary/aromatic N) is 5. The van der Waals surface area contributed by atoms with Crippen molar-refractivity contribution in [1.29, 1.82) is 0 Å². The summed E-state index contributed by atoms with van der Waals surface area (Å²) in [6.07, 6.45) is 0.826. The zero-order valence-electron chi connectivity index (χ0n) is 10.6. The molecule has 2 rings (SSSR count). The first-order chi connectivity index (χ1) is 9.60. The van der Waals surface area contributed by atoms with E-state index in [1.807, 2.05) is 0 Å². The molecule has 0 aliphatic rings. The Morgan fingerprint density at radius 1 is 1.55 bits per heavy atom. The monoisotopic (exact) mass is 297 g/mol. The highest BCUT2D eigenvalue weighted by molar-refractivity contribution is 6.30. The first-order valence-electron chi connectivity index (χ1n) is 5.73. The second-order valence-electron chi connectivity index (χ2n) is 4.00. The minimum absolute atomic E-state index is 0.135. The second-order valence-corrected chi connectivity index (χ2v) is 4.44. The second kappa shape index (κ2) is 6.40. The van der Waals surface area contributed by atoms with Gasteiger partial charge in [0.2, 0.25) is 5.82 Å². The van der Waals surface area contributed by atoms with Crippen molar-refractivity contribution in [2.45, 2.75) is 19.1 Å². The summed E-state index contributed by atoms with van der Waals surface area (Å²) in [4.78, 5) is 14.8. The SMILES string of the molecule is COC(CC(=O)O)Cn1nnnc1-c1ccc(Cl)cn1. The molecule has 0 aromatic carbocycles. The Morgan fingerprint density at radius 2 is 2.35 bits per heavy atom. The number of ether oxygens (including phenoxy) is 1. The number of halogens is 1. The van der Waals surface area contributed by atoms with Gasteiger partial charge in [0.05, 0.1) is 24.1 Å². The number of carboxylic acids is 1. The fraction of sp³-hybridized carbons (Fsp3) is 0.364. The van der Waals surface area contributed by atoms with Crippen LogP contribution in [0.3, 0.4) is 0 Å². The van der Waals surface area contributed by atoms with Crippen molar-refractivity contribution < 1.29 is 14.6 Å². The van der Waals surface area contributed by atoms with Crippen molar-refractivity contribution in [2.75, 3.05) is 7.11 Å². The number of rotatable bonds is 6. The van der Waals surface area contributed by atoms with Crippen LogP contribution < -0.4 is 0 Å². The number of hydrogen-bond donors (Lipinski definition) is 1. The van der Waals surface area contributed by atoms with Crippen molar-refractivity contribution in [3.63, 3.8) is 0 Å². The average Bonchev–Trinajstić information content (AvgIpc) is 2.86. The zero-order valence-corrected chi connectivity index (χ0v) is 11.4. The van der Waals surface area contributed by atoms with Gasteiger partial charge in [-0.3, -0.25) is 9.78 Å². The number of carboxylic acid groups (broad SMARTS) is 1. The molecule has 0 spiro atoms. The number of methoxy groups -OCH3 is 1. The number of aromatic nitrogens is 5. The van der Waals surface area contributed by atoms with Gasteiger partial charge in [-0.15, -0.1) is 5.10 Å². The van der Waals surface area contributed by atoms with Crippen LogP contribution in [0.25, 0.3) is 11.5 Å². The van der Waals surface area contributed by atoms with Crippen molar-refractivity contribution in [2.24, 2.45) is 0 Å². The normalized spacial score (nSPS) is 12.3. The summed E-state index contributed by atoms with van der Waals surface area (Å²) in [7, 11) is 1.44. The first-order valence-corrected chi connectivity index (χ1v) is 6.10. The van der Waals surface area contributed by atoms with Gasteiger partial charge in [0.25, 0.3) is 0 Å². The van der Waals surface area contributed by atoms with Crippen LogP contribution in [-0.4, -0.2) is 49.5 Å². The number of carbonyl (C=O) groups is 1. The van der Waals surface area contributed by atoms with E-state index in [0.717, 1.165) is 0 Å². The van der Waals surface area contributed by atoms with Crippen molar-refractivity contribution in [3.8, 4) is 11.5 Å². The minimum atomic E-state index is -0.948. The van der Waals surface area contributed by atoms with Crippen LogP contribution in [0.1, 0.15) is 6.42 Å². The van der Waals surface area contributed by atoms with E-state index in [2.05, 4.69) is 20.5 Å². The Kier molecular flexibility index (Phi) is 4.59. The number of aliphatic carboxylic acids is 1. The summed E-state index contributed by atoms with van der Waals surface area (Å²) in [6.45, 7) is 0.218. The van der Waals surface area contributed by atoms with Gasteiger partial charge in [-0.05, 0) is 22.6 Å². The molecule has 2 aromatic heterocycles. The van der Waals surface area contributed by atoms with Crippen LogP contribution in [0, 0.1) is 0 Å². The molecule has 106 valence electrons. The van der Waals surface area contributed by atoms with Crippen LogP contribution in [-0.2, 0) is 16.1 Å². The van der Waals surface area contributed by atoms with E-state index in [1.54, 1.807) is 12.1 Å². The van der Waals surface area contributed by atoms with Gasteiger partial charge in [-0.1, -0.05) is 11.6 Å². The van der Waals surface area contributed by atoms with Crippen molar-refractivity contribution >= 4 is 17.6 Å². The summed E-state index contributed by atoms with van der Waals surface area (Å²) >= 11 is 5.77. The third kappa shape index (κ3) is 3.49. The van der Waals surface area contributed by atoms with E-state index in [0.29, 0.717) is 16.5 Å². The summed E-state index contributed by atoms with van der Waals surface area (Å²) in [6, 6.07) is 3.36. The van der Waals surface area contributed by atoms with Crippen LogP contribution >= 0.6 is 11.6 Å². The zero-order chi connectivity index (χ0) is 14.5. The van der Waals surface area contributed by atoms with E-state index in [4.69, 9.17) is 21.4 Å². The topological polar surface area (TPSA) is 103 Å². The highest BCUT2D eigenvalue weighted by Gasteiger charge is 2.17. The third-order valence-corrected chi connectivity index (χ3v) is 2.82. The molecule has 1 N–H and O–H groups in total. The standard InChI is InChI=1S/C11H12ClN5O3/c1-20-8(4-10(18)19)6-17-11(14-15-16-17)9-3-2-7(12)5-13-9/h2-3,5,8H,4,6H2,1H3,(H,18,19). The molecule has 0 aliphatic heterocycles. The summed E-state index contributed by atoms with van der Waals surface area (Å²) in [5.41, 5.74) is 0.546. The van der Waals surface area contributed by atoms with Gasteiger partial charge >= 0.3 is 5.97 Å². The molecular formula is C11H12ClN5O3. The molecule has 0 radical (unpaired) electrons. The van der Waals surface area contributed by atoms with Gasteiger partial charge in [0, 0.05) is 13.3 Å². The first kappa shape index (κ1) is 14.4. The Hall–Kier alpha value is -2.06.